The highest BCUT2D eigenvalue weighted by molar-refractivity contribution is 6.42. The summed E-state index contributed by atoms with van der Waals surface area (Å²) in [4.78, 5) is 13.6. The molecule has 17 heavy (non-hydrogen) atoms. The summed E-state index contributed by atoms with van der Waals surface area (Å²) < 4.78 is 0. The maximum atomic E-state index is 12.0. The first-order valence-electron chi connectivity index (χ1n) is 5.27. The first kappa shape index (κ1) is 12.2. The Hall–Kier alpha value is -1.24. The van der Waals surface area contributed by atoms with Crippen LogP contribution in [0.4, 0.5) is 5.69 Å². The molecule has 1 amide bonds. The van der Waals surface area contributed by atoms with Crippen LogP contribution in [0.15, 0.2) is 18.2 Å². The molecule has 1 aromatic carbocycles. The molecular weight excluding hydrogens is 259 g/mol. The highest BCUT2D eigenvalue weighted by atomic mass is 35.5. The van der Waals surface area contributed by atoms with Crippen LogP contribution in [0.25, 0.3) is 0 Å². The largest absolute Gasteiger partial charge is 0.312 e. The highest BCUT2D eigenvalue weighted by Crippen LogP contribution is 2.31. The minimum atomic E-state index is -0.186. The molecule has 0 bridgehead atoms. The number of carbonyl (C=O) groups is 1. The van der Waals surface area contributed by atoms with Gasteiger partial charge in [0, 0.05) is 18.7 Å². The SMILES string of the molecule is N#CCC1CCN(c2ccc(Cl)c(Cl)c2)C1=O. The standard InChI is InChI=1S/C12H10Cl2N2O/c13-10-2-1-9(7-11(10)14)16-6-4-8(3-5-15)12(16)17/h1-2,7-8H,3-4,6H2. The zero-order valence-corrected chi connectivity index (χ0v) is 10.5. The van der Waals surface area contributed by atoms with E-state index in [-0.39, 0.29) is 18.2 Å². The van der Waals surface area contributed by atoms with E-state index >= 15 is 0 Å². The Labute approximate surface area is 110 Å². The van der Waals surface area contributed by atoms with Gasteiger partial charge >= 0.3 is 0 Å². The van der Waals surface area contributed by atoms with Crippen molar-refractivity contribution in [2.45, 2.75) is 12.8 Å². The molecule has 1 aliphatic rings. The average molecular weight is 269 g/mol. The lowest BCUT2D eigenvalue weighted by molar-refractivity contribution is -0.120. The van der Waals surface area contributed by atoms with Gasteiger partial charge in [-0.25, -0.2) is 0 Å². The van der Waals surface area contributed by atoms with Gasteiger partial charge in [0.1, 0.15) is 0 Å². The van der Waals surface area contributed by atoms with E-state index in [1.54, 1.807) is 23.1 Å². The lowest BCUT2D eigenvalue weighted by atomic mass is 10.1. The fourth-order valence-electron chi connectivity index (χ4n) is 1.95. The van der Waals surface area contributed by atoms with E-state index in [2.05, 4.69) is 0 Å². The van der Waals surface area contributed by atoms with Gasteiger partial charge in [-0.05, 0) is 24.6 Å². The zero-order chi connectivity index (χ0) is 12.4. The Bertz CT molecular complexity index is 496. The van der Waals surface area contributed by atoms with E-state index in [9.17, 15) is 4.79 Å². The van der Waals surface area contributed by atoms with Crippen LogP contribution in [0.2, 0.25) is 10.0 Å². The first-order chi connectivity index (χ1) is 8.13. The van der Waals surface area contributed by atoms with Crippen LogP contribution < -0.4 is 4.90 Å². The second kappa shape index (κ2) is 4.95. The number of benzene rings is 1. The van der Waals surface area contributed by atoms with Crippen molar-refractivity contribution >= 4 is 34.8 Å². The van der Waals surface area contributed by atoms with Crippen LogP contribution in [-0.2, 0) is 4.79 Å². The van der Waals surface area contributed by atoms with Crippen molar-refractivity contribution in [1.82, 2.24) is 0 Å². The first-order valence-corrected chi connectivity index (χ1v) is 6.02. The molecule has 0 radical (unpaired) electrons. The third-order valence-electron chi connectivity index (χ3n) is 2.87. The van der Waals surface area contributed by atoms with Crippen molar-refractivity contribution in [1.29, 1.82) is 5.26 Å². The van der Waals surface area contributed by atoms with Gasteiger partial charge in [-0.1, -0.05) is 23.2 Å². The Morgan fingerprint density at radius 1 is 1.41 bits per heavy atom. The van der Waals surface area contributed by atoms with Crippen LogP contribution in [0.3, 0.4) is 0 Å². The minimum Gasteiger partial charge on any atom is -0.312 e. The van der Waals surface area contributed by atoms with Gasteiger partial charge in [-0.3, -0.25) is 4.79 Å². The monoisotopic (exact) mass is 268 g/mol. The van der Waals surface area contributed by atoms with Gasteiger partial charge in [0.15, 0.2) is 0 Å². The minimum absolute atomic E-state index is 0.00932. The Balaban J connectivity index is 2.22. The van der Waals surface area contributed by atoms with E-state index in [1.807, 2.05) is 6.07 Å². The van der Waals surface area contributed by atoms with Crippen molar-refractivity contribution < 1.29 is 4.79 Å². The molecule has 1 aromatic rings. The summed E-state index contributed by atoms with van der Waals surface area (Å²) in [6, 6.07) is 7.15. The van der Waals surface area contributed by atoms with Crippen molar-refractivity contribution in [3.63, 3.8) is 0 Å². The van der Waals surface area contributed by atoms with E-state index in [4.69, 9.17) is 28.5 Å². The number of nitrogens with zero attached hydrogens (tertiary/aromatic N) is 2. The van der Waals surface area contributed by atoms with Gasteiger partial charge in [-0.2, -0.15) is 5.26 Å². The van der Waals surface area contributed by atoms with Crippen LogP contribution >= 0.6 is 23.2 Å². The summed E-state index contributed by atoms with van der Waals surface area (Å²) in [6.45, 7) is 0.628. The predicted octanol–water partition coefficient (Wildman–Crippen LogP) is 3.26. The van der Waals surface area contributed by atoms with Gasteiger partial charge in [0.2, 0.25) is 5.91 Å². The molecule has 1 fully saturated rings. The number of hydrogen-bond acceptors (Lipinski definition) is 2. The summed E-state index contributed by atoms with van der Waals surface area (Å²) in [5.74, 6) is -0.195. The molecule has 0 aromatic heterocycles. The molecule has 1 aliphatic heterocycles. The third-order valence-corrected chi connectivity index (χ3v) is 3.61. The fraction of sp³-hybridized carbons (Fsp3) is 0.333. The van der Waals surface area contributed by atoms with E-state index < -0.39 is 0 Å². The molecule has 88 valence electrons. The summed E-state index contributed by atoms with van der Waals surface area (Å²) in [5, 5.41) is 9.52. The summed E-state index contributed by atoms with van der Waals surface area (Å²) >= 11 is 11.7. The number of carbonyl (C=O) groups excluding carboxylic acids is 1. The second-order valence-corrected chi connectivity index (χ2v) is 4.75. The molecule has 0 saturated carbocycles. The van der Waals surface area contributed by atoms with Crippen molar-refractivity contribution in [2.24, 2.45) is 5.92 Å². The van der Waals surface area contributed by atoms with Gasteiger partial charge in [-0.15, -0.1) is 0 Å². The lowest BCUT2D eigenvalue weighted by Crippen LogP contribution is -2.26. The van der Waals surface area contributed by atoms with Crippen LogP contribution in [0, 0.1) is 17.2 Å². The fourth-order valence-corrected chi connectivity index (χ4v) is 2.24. The van der Waals surface area contributed by atoms with Gasteiger partial charge in [0.05, 0.1) is 22.0 Å². The van der Waals surface area contributed by atoms with Gasteiger partial charge < -0.3 is 4.90 Å². The predicted molar refractivity (Wildman–Crippen MR) is 67.2 cm³/mol. The number of rotatable bonds is 2. The Morgan fingerprint density at radius 2 is 2.18 bits per heavy atom. The molecular formula is C12H10Cl2N2O. The number of nitriles is 1. The molecule has 1 atom stereocenters. The Kier molecular flexibility index (Phi) is 3.56. The third kappa shape index (κ3) is 2.38. The smallest absolute Gasteiger partial charge is 0.231 e. The Morgan fingerprint density at radius 3 is 2.82 bits per heavy atom. The topological polar surface area (TPSA) is 44.1 Å². The lowest BCUT2D eigenvalue weighted by Gasteiger charge is -2.16. The molecule has 0 aliphatic carbocycles. The van der Waals surface area contributed by atoms with Crippen molar-refractivity contribution in [3.8, 4) is 6.07 Å². The number of amides is 1. The molecule has 3 nitrogen and oxygen atoms in total. The molecule has 5 heteroatoms. The molecule has 2 rings (SSSR count). The molecule has 0 spiro atoms. The van der Waals surface area contributed by atoms with Crippen molar-refractivity contribution in [2.75, 3.05) is 11.4 Å². The average Bonchev–Trinajstić information content (AvgIpc) is 2.66. The highest BCUT2D eigenvalue weighted by Gasteiger charge is 2.32. The van der Waals surface area contributed by atoms with E-state index in [1.165, 1.54) is 0 Å². The molecule has 1 saturated heterocycles. The van der Waals surface area contributed by atoms with Crippen molar-refractivity contribution in [3.05, 3.63) is 28.2 Å². The summed E-state index contributed by atoms with van der Waals surface area (Å²) in [7, 11) is 0. The van der Waals surface area contributed by atoms with Gasteiger partial charge in [0.25, 0.3) is 0 Å². The number of hydrogen-bond donors (Lipinski definition) is 0. The molecule has 1 heterocycles. The normalized spacial score (nSPS) is 19.5. The molecule has 1 unspecified atom stereocenters. The number of halogens is 2. The van der Waals surface area contributed by atoms with Crippen LogP contribution in [0.5, 0.6) is 0 Å². The summed E-state index contributed by atoms with van der Waals surface area (Å²) in [6.07, 6.45) is 0.989. The van der Waals surface area contributed by atoms with Crippen LogP contribution in [-0.4, -0.2) is 12.5 Å². The summed E-state index contributed by atoms with van der Waals surface area (Å²) in [5.41, 5.74) is 0.741. The second-order valence-electron chi connectivity index (χ2n) is 3.94. The quantitative estimate of drug-likeness (QED) is 0.827. The maximum Gasteiger partial charge on any atom is 0.231 e. The van der Waals surface area contributed by atoms with E-state index in [0.29, 0.717) is 23.0 Å². The molecule has 0 N–H and O–H groups in total. The van der Waals surface area contributed by atoms with E-state index in [0.717, 1.165) is 5.69 Å². The number of anilines is 1. The van der Waals surface area contributed by atoms with Crippen LogP contribution in [0.1, 0.15) is 12.8 Å². The zero-order valence-electron chi connectivity index (χ0n) is 8.99. The maximum absolute atomic E-state index is 12.0.